The highest BCUT2D eigenvalue weighted by Gasteiger charge is 2.42. The molecule has 2 N–H and O–H groups in total. The van der Waals surface area contributed by atoms with Crippen LogP contribution in [0.15, 0.2) is 0 Å². The van der Waals surface area contributed by atoms with Crippen molar-refractivity contribution in [2.45, 2.75) is 220 Å². The first kappa shape index (κ1) is 75.8. The summed E-state index contributed by atoms with van der Waals surface area (Å²) in [7, 11) is -12.2. The van der Waals surface area contributed by atoms with Crippen molar-refractivity contribution >= 4 is 52.3 Å². The van der Waals surface area contributed by atoms with Gasteiger partial charge in [-0.25, -0.2) is 47.6 Å². The minimum atomic E-state index is -3.16. The van der Waals surface area contributed by atoms with Crippen LogP contribution >= 0.6 is 0 Å². The number of nitrogens with two attached hydrogens (primary N) is 1. The Morgan fingerprint density at radius 1 is 0.417 bits per heavy atom. The van der Waals surface area contributed by atoms with E-state index in [0.717, 1.165) is 97.1 Å². The van der Waals surface area contributed by atoms with Crippen molar-refractivity contribution in [1.29, 1.82) is 5.26 Å². The van der Waals surface area contributed by atoms with E-state index in [1.54, 1.807) is 22.7 Å². The summed E-state index contributed by atoms with van der Waals surface area (Å²) < 4.78 is 112. The van der Waals surface area contributed by atoms with E-state index >= 15 is 0 Å². The topological polar surface area (TPSA) is 265 Å². The molecule has 0 spiro atoms. The second-order valence-corrected chi connectivity index (χ2v) is 33.9. The van der Waals surface area contributed by atoms with Crippen LogP contribution in [0.5, 0.6) is 0 Å². The Morgan fingerprint density at radius 2 is 0.702 bits per heavy atom. The van der Waals surface area contributed by atoms with Crippen LogP contribution in [0.25, 0.3) is 0 Å². The molecule has 26 heteroatoms. The van der Waals surface area contributed by atoms with Gasteiger partial charge in [-0.1, -0.05) is 72.6 Å². The molecular formula is C58H114N10O12S4. The van der Waals surface area contributed by atoms with Crippen molar-refractivity contribution in [3.05, 3.63) is 0 Å². The van der Waals surface area contributed by atoms with Crippen LogP contribution in [0.3, 0.4) is 0 Å². The first-order valence-corrected chi connectivity index (χ1v) is 38.3. The van der Waals surface area contributed by atoms with E-state index in [2.05, 4.69) is 15.9 Å². The number of nitriles is 1. The molecule has 0 aromatic heterocycles. The van der Waals surface area contributed by atoms with E-state index in [-0.39, 0.29) is 46.1 Å². The largest absolute Gasteiger partial charge is 0.444 e. The Morgan fingerprint density at radius 3 is 1.02 bits per heavy atom. The summed E-state index contributed by atoms with van der Waals surface area (Å²) in [5.41, 5.74) is 4.98. The Labute approximate surface area is 510 Å². The first-order chi connectivity index (χ1) is 39.4. The number of piperazine rings is 3. The summed E-state index contributed by atoms with van der Waals surface area (Å²) in [4.78, 5) is 31.4. The van der Waals surface area contributed by atoms with E-state index in [9.17, 15) is 48.5 Å². The number of sulfonamides is 4. The number of hydrogen-bond donors (Lipinski definition) is 1. The molecular weight excluding hydrogens is 1160 g/mol. The van der Waals surface area contributed by atoms with Gasteiger partial charge in [0.25, 0.3) is 0 Å². The molecule has 2 amide bonds. The van der Waals surface area contributed by atoms with Crippen molar-refractivity contribution in [3.63, 3.8) is 0 Å². The number of amides is 2. The van der Waals surface area contributed by atoms with Gasteiger partial charge in [0.05, 0.1) is 29.1 Å². The third kappa shape index (κ3) is 25.2. The van der Waals surface area contributed by atoms with E-state index in [1.165, 1.54) is 55.7 Å². The lowest BCUT2D eigenvalue weighted by molar-refractivity contribution is 0.0189. The fourth-order valence-electron chi connectivity index (χ4n) is 11.9. The molecule has 2 aliphatic carbocycles. The van der Waals surface area contributed by atoms with Crippen LogP contribution in [0.1, 0.15) is 198 Å². The predicted octanol–water partition coefficient (Wildman–Crippen LogP) is 7.47. The molecule has 5 aliphatic heterocycles. The molecule has 492 valence electrons. The Bertz CT molecular complexity index is 2420. The minimum Gasteiger partial charge on any atom is -0.444 e. The zero-order chi connectivity index (χ0) is 62.9. The average Bonchev–Trinajstić information content (AvgIpc) is 3.64. The molecule has 0 atom stereocenters. The predicted molar refractivity (Wildman–Crippen MR) is 335 cm³/mol. The van der Waals surface area contributed by atoms with Gasteiger partial charge < -0.3 is 25.0 Å². The monoisotopic (exact) mass is 1270 g/mol. The van der Waals surface area contributed by atoms with Crippen molar-refractivity contribution < 1.29 is 52.7 Å². The molecule has 0 bridgehead atoms. The van der Waals surface area contributed by atoms with Crippen LogP contribution in [0, 0.1) is 11.3 Å². The number of likely N-dealkylation sites (tertiary alicyclic amines) is 1. The number of nitrogens with zero attached hydrogens (tertiary/aromatic N) is 9. The summed E-state index contributed by atoms with van der Waals surface area (Å²) in [5, 5.41) is 9.58. The zero-order valence-corrected chi connectivity index (χ0v) is 56.9. The van der Waals surface area contributed by atoms with Gasteiger partial charge in [-0.2, -0.15) is 18.2 Å². The summed E-state index contributed by atoms with van der Waals surface area (Å²) in [6, 6.07) is 2.52. The fourth-order valence-corrected chi connectivity index (χ4v) is 18.0. The van der Waals surface area contributed by atoms with Crippen molar-refractivity contribution in [2.75, 3.05) is 134 Å². The molecule has 7 aliphatic rings. The number of rotatable bonds is 15. The van der Waals surface area contributed by atoms with Gasteiger partial charge in [-0.15, -0.1) is 0 Å². The molecule has 5 saturated heterocycles. The summed E-state index contributed by atoms with van der Waals surface area (Å²) in [6.45, 7) is 29.4. The number of carbonyl (C=O) groups is 2. The summed E-state index contributed by atoms with van der Waals surface area (Å²) >= 11 is 0. The molecule has 0 aromatic carbocycles. The second-order valence-electron chi connectivity index (χ2n) is 25.6. The normalized spacial score (nSPS) is 22.2. The molecule has 84 heavy (non-hydrogen) atoms. The first-order valence-electron chi connectivity index (χ1n) is 31.9. The molecule has 2 saturated carbocycles. The van der Waals surface area contributed by atoms with Gasteiger partial charge in [0.1, 0.15) is 16.7 Å². The molecule has 0 radical (unpaired) electrons. The molecule has 0 unspecified atom stereocenters. The number of ether oxygens (including phenoxy) is 2. The van der Waals surface area contributed by atoms with Crippen LogP contribution in [-0.4, -0.2) is 239 Å². The van der Waals surface area contributed by atoms with Crippen molar-refractivity contribution in [1.82, 2.24) is 36.8 Å². The highest BCUT2D eigenvalue weighted by atomic mass is 32.2. The second kappa shape index (κ2) is 35.7. The number of carbonyl (C=O) groups excluding carboxylic acids is 2. The number of hydrogen-bond acceptors (Lipinski definition) is 16. The Balaban J connectivity index is 0.000000279. The van der Waals surface area contributed by atoms with Gasteiger partial charge in [0, 0.05) is 117 Å². The Hall–Kier alpha value is -2.45. The third-order valence-corrected chi connectivity index (χ3v) is 24.7. The van der Waals surface area contributed by atoms with E-state index < -0.39 is 45.7 Å². The van der Waals surface area contributed by atoms with Crippen LogP contribution < -0.4 is 5.73 Å². The van der Waals surface area contributed by atoms with E-state index in [1.807, 2.05) is 69.2 Å². The SMILES string of the molecule is CC(C)(C)OC(=O)N1CCCCC1.CCCS(=O)(=O)N1CCCCC1.CCCS(=O)(=O)N1CCN(C(=O)OC(C)(C)C)CC1.CCCS(=O)(=O)N1CCN(C2(C#N)CCCCC2)CC1.CCCS(=O)(=O)N1CCN(C2(CN)CCCCC2)CC1. The summed E-state index contributed by atoms with van der Waals surface area (Å²) in [5.74, 6) is 0.984. The van der Waals surface area contributed by atoms with Crippen molar-refractivity contribution in [3.8, 4) is 6.07 Å². The van der Waals surface area contributed by atoms with Gasteiger partial charge >= 0.3 is 12.2 Å². The fraction of sp³-hybridized carbons (Fsp3) is 0.948. The van der Waals surface area contributed by atoms with E-state index in [0.29, 0.717) is 97.0 Å². The molecule has 5 heterocycles. The van der Waals surface area contributed by atoms with Gasteiger partial charge in [0.15, 0.2) is 0 Å². The molecule has 22 nitrogen and oxygen atoms in total. The highest BCUT2D eigenvalue weighted by molar-refractivity contribution is 7.89. The average molecular weight is 1270 g/mol. The van der Waals surface area contributed by atoms with Gasteiger partial charge in [-0.05, 0) is 125 Å². The lowest BCUT2D eigenvalue weighted by Crippen LogP contribution is -2.61. The van der Waals surface area contributed by atoms with Crippen molar-refractivity contribution in [2.24, 2.45) is 5.73 Å². The maximum Gasteiger partial charge on any atom is 0.410 e. The molecule has 7 rings (SSSR count). The van der Waals surface area contributed by atoms with Crippen LogP contribution in [0.2, 0.25) is 0 Å². The lowest BCUT2D eigenvalue weighted by Gasteiger charge is -2.49. The minimum absolute atomic E-state index is 0.138. The maximum absolute atomic E-state index is 12.1. The van der Waals surface area contributed by atoms with Gasteiger partial charge in [0.2, 0.25) is 40.1 Å². The maximum atomic E-state index is 12.1. The standard InChI is InChI=1S/C14H29N3O2S.C14H25N3O2S.C12H24N2O4S.C10H19NO2.C8H17NO2S/c2*1-2-12-20(18,19)17-10-8-16(9-11-17)14(13-15)6-4-3-5-7-14;1-5-10-19(16,17)14-8-6-13(7-9-14)11(15)18-12(2,3)4;1-10(2,3)13-9(12)11-7-5-4-6-8-11;1-2-8-12(10,11)9-6-4-3-5-7-9/h2-13,15H2,1H3;2-12H2,1H3;5-10H2,1-4H3;4-8H2,1-3H3;2-8H2,1H3. The smallest absolute Gasteiger partial charge is 0.410 e. The molecule has 0 aromatic rings. The van der Waals surface area contributed by atoms with Crippen LogP contribution in [0.4, 0.5) is 9.59 Å². The summed E-state index contributed by atoms with van der Waals surface area (Å²) in [6.07, 6.45) is 20.3. The number of piperidine rings is 2. The Kier molecular flexibility index (Phi) is 32.2. The van der Waals surface area contributed by atoms with E-state index in [4.69, 9.17) is 15.2 Å². The zero-order valence-electron chi connectivity index (χ0n) is 53.6. The van der Waals surface area contributed by atoms with Gasteiger partial charge in [-0.3, -0.25) is 9.80 Å². The lowest BCUT2D eigenvalue weighted by atomic mass is 9.80. The highest BCUT2D eigenvalue weighted by Crippen LogP contribution is 2.35. The third-order valence-electron chi connectivity index (χ3n) is 16.4. The molecule has 7 fully saturated rings. The van der Waals surface area contributed by atoms with Crippen LogP contribution in [-0.2, 0) is 49.6 Å². The quantitative estimate of drug-likeness (QED) is 0.167.